The molecular weight excluding hydrogens is 307 g/mol. The molecule has 24 heavy (non-hydrogen) atoms. The molecule has 120 valence electrons. The van der Waals surface area contributed by atoms with Gasteiger partial charge in [-0.1, -0.05) is 30.3 Å². The highest BCUT2D eigenvalue weighted by atomic mass is 19.1. The number of nitrogens with zero attached hydrogens (tertiary/aromatic N) is 2. The first kappa shape index (κ1) is 15.6. The van der Waals surface area contributed by atoms with Crippen LogP contribution in [0.4, 0.5) is 15.9 Å². The molecule has 1 heterocycles. The second kappa shape index (κ2) is 7.32. The Morgan fingerprint density at radius 2 is 1.75 bits per heavy atom. The lowest BCUT2D eigenvalue weighted by Gasteiger charge is -2.08. The van der Waals surface area contributed by atoms with Crippen LogP contribution in [0.1, 0.15) is 16.1 Å². The first-order chi connectivity index (χ1) is 11.7. The Kier molecular flexibility index (Phi) is 4.76. The van der Waals surface area contributed by atoms with Gasteiger partial charge in [0.05, 0.1) is 0 Å². The predicted molar refractivity (Wildman–Crippen MR) is 90.2 cm³/mol. The molecule has 0 unspecified atom stereocenters. The number of carbonyl (C=O) groups is 1. The van der Waals surface area contributed by atoms with Crippen molar-refractivity contribution in [3.05, 3.63) is 84.1 Å². The lowest BCUT2D eigenvalue weighted by atomic mass is 10.2. The fraction of sp³-hybridized carbons (Fsp3) is 0.0556. The lowest BCUT2D eigenvalue weighted by Crippen LogP contribution is -2.14. The summed E-state index contributed by atoms with van der Waals surface area (Å²) in [6.45, 7) is 0.469. The summed E-state index contributed by atoms with van der Waals surface area (Å²) in [5, 5.41) is 5.85. The van der Waals surface area contributed by atoms with Crippen molar-refractivity contribution in [2.75, 3.05) is 10.6 Å². The first-order valence-electron chi connectivity index (χ1n) is 7.37. The molecule has 0 bridgehead atoms. The van der Waals surface area contributed by atoms with Crippen LogP contribution in [0, 0.1) is 5.82 Å². The monoisotopic (exact) mass is 322 g/mol. The zero-order chi connectivity index (χ0) is 16.8. The van der Waals surface area contributed by atoms with Crippen LogP contribution in [-0.4, -0.2) is 15.9 Å². The third-order valence-electron chi connectivity index (χ3n) is 3.32. The number of anilines is 2. The average molecular weight is 322 g/mol. The van der Waals surface area contributed by atoms with Gasteiger partial charge in [0.2, 0.25) is 0 Å². The van der Waals surface area contributed by atoms with Gasteiger partial charge in [-0.15, -0.1) is 0 Å². The predicted octanol–water partition coefficient (Wildman–Crippen LogP) is 3.48. The minimum absolute atomic E-state index is 0.260. The van der Waals surface area contributed by atoms with E-state index >= 15 is 0 Å². The molecule has 0 aliphatic rings. The smallest absolute Gasteiger partial charge is 0.274 e. The highest BCUT2D eigenvalue weighted by Crippen LogP contribution is 2.11. The molecule has 0 spiro atoms. The number of rotatable bonds is 5. The van der Waals surface area contributed by atoms with Gasteiger partial charge in [-0.05, 0) is 29.8 Å². The van der Waals surface area contributed by atoms with Crippen LogP contribution in [0.25, 0.3) is 0 Å². The summed E-state index contributed by atoms with van der Waals surface area (Å²) < 4.78 is 12.9. The summed E-state index contributed by atoms with van der Waals surface area (Å²) in [6, 6.07) is 16.9. The van der Waals surface area contributed by atoms with Crippen LogP contribution in [0.2, 0.25) is 0 Å². The zero-order valence-electron chi connectivity index (χ0n) is 12.7. The van der Waals surface area contributed by atoms with E-state index in [0.29, 0.717) is 18.1 Å². The Labute approximate surface area is 138 Å². The maximum absolute atomic E-state index is 12.9. The van der Waals surface area contributed by atoms with Crippen LogP contribution in [0.3, 0.4) is 0 Å². The van der Waals surface area contributed by atoms with Crippen molar-refractivity contribution >= 4 is 17.4 Å². The lowest BCUT2D eigenvalue weighted by molar-refractivity contribution is 0.102. The topological polar surface area (TPSA) is 66.9 Å². The number of amides is 1. The number of nitrogens with one attached hydrogen (secondary N) is 2. The number of hydrogen-bond acceptors (Lipinski definition) is 4. The molecule has 5 nitrogen and oxygen atoms in total. The molecule has 0 atom stereocenters. The number of benzene rings is 2. The molecule has 3 aromatic rings. The molecule has 3 rings (SSSR count). The molecular formula is C18H15FN4O. The third kappa shape index (κ3) is 4.13. The van der Waals surface area contributed by atoms with E-state index in [0.717, 1.165) is 5.56 Å². The first-order valence-corrected chi connectivity index (χ1v) is 7.37. The molecule has 0 saturated heterocycles. The summed E-state index contributed by atoms with van der Waals surface area (Å²) in [7, 11) is 0. The molecule has 1 amide bonds. The minimum Gasteiger partial charge on any atom is -0.366 e. The molecule has 6 heteroatoms. The molecule has 0 aliphatic heterocycles. The fourth-order valence-electron chi connectivity index (χ4n) is 2.09. The van der Waals surface area contributed by atoms with Gasteiger partial charge in [0.1, 0.15) is 23.7 Å². The highest BCUT2D eigenvalue weighted by Gasteiger charge is 2.09. The van der Waals surface area contributed by atoms with Gasteiger partial charge in [0.15, 0.2) is 0 Å². The number of para-hydroxylation sites is 1. The second-order valence-corrected chi connectivity index (χ2v) is 5.09. The standard InChI is InChI=1S/C18H15FN4O/c19-14-8-6-13(7-9-14)11-20-17-10-16(21-12-22-17)18(24)23-15-4-2-1-3-5-15/h1-10,12H,11H2,(H,23,24)(H,20,21,22). The Morgan fingerprint density at radius 3 is 2.50 bits per heavy atom. The molecule has 2 N–H and O–H groups in total. The van der Waals surface area contributed by atoms with Crippen LogP contribution in [0.15, 0.2) is 67.0 Å². The molecule has 2 aromatic carbocycles. The van der Waals surface area contributed by atoms with Crippen molar-refractivity contribution < 1.29 is 9.18 Å². The van der Waals surface area contributed by atoms with Crippen molar-refractivity contribution in [2.45, 2.75) is 6.54 Å². The second-order valence-electron chi connectivity index (χ2n) is 5.09. The van der Waals surface area contributed by atoms with E-state index in [1.54, 1.807) is 30.3 Å². The zero-order valence-corrected chi connectivity index (χ0v) is 12.7. The average Bonchev–Trinajstić information content (AvgIpc) is 2.62. The Hall–Kier alpha value is -3.28. The molecule has 0 radical (unpaired) electrons. The van der Waals surface area contributed by atoms with Crippen molar-refractivity contribution in [1.82, 2.24) is 9.97 Å². The number of hydrogen-bond donors (Lipinski definition) is 2. The summed E-state index contributed by atoms with van der Waals surface area (Å²) in [6.07, 6.45) is 1.33. The summed E-state index contributed by atoms with van der Waals surface area (Å²) in [5.74, 6) is -0.0679. The van der Waals surface area contributed by atoms with E-state index in [4.69, 9.17) is 0 Å². The van der Waals surface area contributed by atoms with Crippen molar-refractivity contribution in [1.29, 1.82) is 0 Å². The summed E-state index contributed by atoms with van der Waals surface area (Å²) in [4.78, 5) is 20.3. The molecule has 0 fully saturated rings. The normalized spacial score (nSPS) is 10.2. The van der Waals surface area contributed by atoms with Crippen molar-refractivity contribution in [3.63, 3.8) is 0 Å². The number of aromatic nitrogens is 2. The van der Waals surface area contributed by atoms with Crippen molar-refractivity contribution in [3.8, 4) is 0 Å². The Bertz CT molecular complexity index is 822. The molecule has 0 saturated carbocycles. The van der Waals surface area contributed by atoms with E-state index < -0.39 is 0 Å². The number of halogens is 1. The van der Waals surface area contributed by atoms with Crippen LogP contribution in [-0.2, 0) is 6.54 Å². The SMILES string of the molecule is O=C(Nc1ccccc1)c1cc(NCc2ccc(F)cc2)ncn1. The number of carbonyl (C=O) groups excluding carboxylic acids is 1. The minimum atomic E-state index is -0.312. The molecule has 1 aromatic heterocycles. The van der Waals surface area contributed by atoms with E-state index in [1.807, 2.05) is 18.2 Å². The van der Waals surface area contributed by atoms with E-state index in [1.165, 1.54) is 18.5 Å². The van der Waals surface area contributed by atoms with Crippen LogP contribution in [0.5, 0.6) is 0 Å². The van der Waals surface area contributed by atoms with Gasteiger partial charge >= 0.3 is 0 Å². The van der Waals surface area contributed by atoms with Gasteiger partial charge in [0.25, 0.3) is 5.91 Å². The summed E-state index contributed by atoms with van der Waals surface area (Å²) in [5.41, 5.74) is 1.86. The summed E-state index contributed by atoms with van der Waals surface area (Å²) >= 11 is 0. The van der Waals surface area contributed by atoms with Crippen LogP contribution >= 0.6 is 0 Å². The van der Waals surface area contributed by atoms with Gasteiger partial charge < -0.3 is 10.6 Å². The Morgan fingerprint density at radius 1 is 1.00 bits per heavy atom. The molecule has 0 aliphatic carbocycles. The van der Waals surface area contributed by atoms with Gasteiger partial charge in [-0.25, -0.2) is 14.4 Å². The maximum Gasteiger partial charge on any atom is 0.274 e. The van der Waals surface area contributed by atoms with Gasteiger partial charge in [0, 0.05) is 18.3 Å². The largest absolute Gasteiger partial charge is 0.366 e. The van der Waals surface area contributed by atoms with E-state index in [2.05, 4.69) is 20.6 Å². The fourth-order valence-corrected chi connectivity index (χ4v) is 2.09. The van der Waals surface area contributed by atoms with Crippen molar-refractivity contribution in [2.24, 2.45) is 0 Å². The quantitative estimate of drug-likeness (QED) is 0.755. The highest BCUT2D eigenvalue weighted by molar-refractivity contribution is 6.03. The van der Waals surface area contributed by atoms with Gasteiger partial charge in [-0.2, -0.15) is 0 Å². The van der Waals surface area contributed by atoms with Gasteiger partial charge in [-0.3, -0.25) is 4.79 Å². The Balaban J connectivity index is 1.65. The van der Waals surface area contributed by atoms with Crippen LogP contribution < -0.4 is 10.6 Å². The van der Waals surface area contributed by atoms with E-state index in [9.17, 15) is 9.18 Å². The van der Waals surface area contributed by atoms with E-state index in [-0.39, 0.29) is 17.4 Å². The third-order valence-corrected chi connectivity index (χ3v) is 3.32. The maximum atomic E-state index is 12.9.